The van der Waals surface area contributed by atoms with Crippen molar-refractivity contribution in [3.05, 3.63) is 64.6 Å². The molecule has 0 N–H and O–H groups in total. The van der Waals surface area contributed by atoms with Crippen molar-refractivity contribution in [3.8, 4) is 11.5 Å². The predicted octanol–water partition coefficient (Wildman–Crippen LogP) is 4.50. The Hall–Kier alpha value is -2.31. The van der Waals surface area contributed by atoms with Crippen LogP contribution in [-0.2, 0) is 11.4 Å². The minimum atomic E-state index is -0.0811. The van der Waals surface area contributed by atoms with Crippen LogP contribution >= 0.6 is 24.0 Å². The van der Waals surface area contributed by atoms with Gasteiger partial charge in [-0.05, 0) is 36.3 Å². The van der Waals surface area contributed by atoms with Gasteiger partial charge in [0, 0.05) is 7.05 Å². The summed E-state index contributed by atoms with van der Waals surface area (Å²) >= 11 is 6.47. The van der Waals surface area contributed by atoms with Crippen molar-refractivity contribution < 1.29 is 14.3 Å². The number of thioether (sulfide) groups is 1. The highest BCUT2D eigenvalue weighted by Gasteiger charge is 2.28. The largest absolute Gasteiger partial charge is 0.490 e. The monoisotopic (exact) mass is 385 g/mol. The van der Waals surface area contributed by atoms with E-state index in [1.165, 1.54) is 16.7 Å². The van der Waals surface area contributed by atoms with Crippen molar-refractivity contribution >= 4 is 40.3 Å². The molecule has 0 saturated carbocycles. The number of benzene rings is 2. The van der Waals surface area contributed by atoms with E-state index < -0.39 is 0 Å². The molecule has 0 spiro atoms. The molecule has 4 nitrogen and oxygen atoms in total. The summed E-state index contributed by atoms with van der Waals surface area (Å²) in [6, 6.07) is 15.6. The highest BCUT2D eigenvalue weighted by Crippen LogP contribution is 2.34. The Morgan fingerprint density at radius 3 is 2.54 bits per heavy atom. The lowest BCUT2D eigenvalue weighted by Crippen LogP contribution is -2.22. The average Bonchev–Trinajstić information content (AvgIpc) is 2.89. The summed E-state index contributed by atoms with van der Waals surface area (Å²) in [5, 5.41) is 0. The normalized spacial score (nSPS) is 15.6. The number of hydrogen-bond donors (Lipinski definition) is 0. The molecule has 1 fully saturated rings. The average molecular weight is 386 g/mol. The third-order valence-corrected chi connectivity index (χ3v) is 5.27. The standard InChI is InChI=1S/C20H19NO3S2/c1-3-23-17-11-15(12-18-19(22)21(2)20(25)26-18)9-10-16(17)24-13-14-7-5-4-6-8-14/h4-12H,3,13H2,1-2H3/b18-12+. The molecular weight excluding hydrogens is 366 g/mol. The van der Waals surface area contributed by atoms with Gasteiger partial charge in [-0.2, -0.15) is 0 Å². The molecule has 0 bridgehead atoms. The van der Waals surface area contributed by atoms with Gasteiger partial charge >= 0.3 is 0 Å². The van der Waals surface area contributed by atoms with Crippen molar-refractivity contribution in [3.63, 3.8) is 0 Å². The van der Waals surface area contributed by atoms with Crippen molar-refractivity contribution in [1.82, 2.24) is 4.90 Å². The fourth-order valence-corrected chi connectivity index (χ4v) is 3.61. The molecule has 1 amide bonds. The molecule has 3 rings (SSSR count). The zero-order chi connectivity index (χ0) is 18.5. The van der Waals surface area contributed by atoms with E-state index in [1.807, 2.05) is 61.5 Å². The van der Waals surface area contributed by atoms with Gasteiger partial charge in [0.1, 0.15) is 10.9 Å². The van der Waals surface area contributed by atoms with E-state index in [1.54, 1.807) is 7.05 Å². The van der Waals surface area contributed by atoms with E-state index in [0.717, 1.165) is 11.1 Å². The van der Waals surface area contributed by atoms with Crippen LogP contribution in [0.4, 0.5) is 0 Å². The third-order valence-electron chi connectivity index (χ3n) is 3.79. The maximum Gasteiger partial charge on any atom is 0.265 e. The van der Waals surface area contributed by atoms with E-state index in [9.17, 15) is 4.79 Å². The number of likely N-dealkylation sites (N-methyl/N-ethyl adjacent to an activating group) is 1. The summed E-state index contributed by atoms with van der Waals surface area (Å²) in [5.41, 5.74) is 1.96. The van der Waals surface area contributed by atoms with Crippen molar-refractivity contribution in [1.29, 1.82) is 0 Å². The van der Waals surface area contributed by atoms with E-state index in [0.29, 0.717) is 33.9 Å². The maximum absolute atomic E-state index is 12.2. The third kappa shape index (κ3) is 4.26. The number of carbonyl (C=O) groups excluding carboxylic acids is 1. The second-order valence-electron chi connectivity index (χ2n) is 5.65. The van der Waals surface area contributed by atoms with Crippen LogP contribution in [0.3, 0.4) is 0 Å². The molecule has 1 aliphatic rings. The number of nitrogens with zero attached hydrogens (tertiary/aromatic N) is 1. The van der Waals surface area contributed by atoms with Gasteiger partial charge in [0.05, 0.1) is 11.5 Å². The first kappa shape index (κ1) is 18.5. The van der Waals surface area contributed by atoms with E-state index in [-0.39, 0.29) is 5.91 Å². The topological polar surface area (TPSA) is 38.8 Å². The summed E-state index contributed by atoms with van der Waals surface area (Å²) < 4.78 is 12.2. The number of carbonyl (C=O) groups is 1. The van der Waals surface area contributed by atoms with Gasteiger partial charge in [-0.15, -0.1) is 0 Å². The molecule has 6 heteroatoms. The second kappa shape index (κ2) is 8.38. The van der Waals surface area contributed by atoms with Gasteiger partial charge in [-0.1, -0.05) is 60.4 Å². The van der Waals surface area contributed by atoms with Crippen LogP contribution < -0.4 is 9.47 Å². The number of rotatable bonds is 6. The van der Waals surface area contributed by atoms with Gasteiger partial charge in [0.25, 0.3) is 5.91 Å². The highest BCUT2D eigenvalue weighted by molar-refractivity contribution is 8.26. The fraction of sp³-hybridized carbons (Fsp3) is 0.200. The van der Waals surface area contributed by atoms with Crippen LogP contribution in [0.5, 0.6) is 11.5 Å². The number of hydrogen-bond acceptors (Lipinski definition) is 5. The van der Waals surface area contributed by atoms with Gasteiger partial charge in [-0.25, -0.2) is 0 Å². The molecule has 134 valence electrons. The lowest BCUT2D eigenvalue weighted by molar-refractivity contribution is -0.121. The minimum absolute atomic E-state index is 0.0811. The lowest BCUT2D eigenvalue weighted by atomic mass is 10.1. The van der Waals surface area contributed by atoms with Gasteiger partial charge < -0.3 is 9.47 Å². The SMILES string of the molecule is CCOc1cc(/C=C2/SC(=S)N(C)C2=O)ccc1OCc1ccccc1. The molecule has 0 aliphatic carbocycles. The summed E-state index contributed by atoms with van der Waals surface area (Å²) in [5.74, 6) is 1.25. The molecule has 2 aromatic rings. The fourth-order valence-electron chi connectivity index (χ4n) is 2.43. The number of thiocarbonyl (C=S) groups is 1. The number of ether oxygens (including phenoxy) is 2. The molecule has 1 aliphatic heterocycles. The highest BCUT2D eigenvalue weighted by atomic mass is 32.2. The zero-order valence-electron chi connectivity index (χ0n) is 14.6. The first-order chi connectivity index (χ1) is 12.6. The summed E-state index contributed by atoms with van der Waals surface area (Å²) in [6.45, 7) is 2.92. The molecular formula is C20H19NO3S2. The first-order valence-electron chi connectivity index (χ1n) is 8.23. The quantitative estimate of drug-likeness (QED) is 0.541. The van der Waals surface area contributed by atoms with Crippen molar-refractivity contribution in [2.45, 2.75) is 13.5 Å². The Morgan fingerprint density at radius 1 is 1.12 bits per heavy atom. The molecule has 0 unspecified atom stereocenters. The van der Waals surface area contributed by atoms with Crippen LogP contribution in [0.1, 0.15) is 18.1 Å². The van der Waals surface area contributed by atoms with E-state index >= 15 is 0 Å². The second-order valence-corrected chi connectivity index (χ2v) is 7.33. The van der Waals surface area contributed by atoms with Crippen LogP contribution in [0, 0.1) is 0 Å². The van der Waals surface area contributed by atoms with Crippen LogP contribution in [0.15, 0.2) is 53.4 Å². The first-order valence-corrected chi connectivity index (χ1v) is 9.46. The van der Waals surface area contributed by atoms with Crippen LogP contribution in [0.25, 0.3) is 6.08 Å². The Kier molecular flexibility index (Phi) is 5.96. The van der Waals surface area contributed by atoms with E-state index in [2.05, 4.69) is 0 Å². The molecule has 0 radical (unpaired) electrons. The molecule has 1 heterocycles. The van der Waals surface area contributed by atoms with Gasteiger partial charge in [0.2, 0.25) is 0 Å². The van der Waals surface area contributed by atoms with Crippen LogP contribution in [0.2, 0.25) is 0 Å². The minimum Gasteiger partial charge on any atom is -0.490 e. The molecule has 0 atom stereocenters. The summed E-state index contributed by atoms with van der Waals surface area (Å²) in [4.78, 5) is 14.2. The Bertz CT molecular complexity index is 849. The predicted molar refractivity (Wildman–Crippen MR) is 109 cm³/mol. The van der Waals surface area contributed by atoms with E-state index in [4.69, 9.17) is 21.7 Å². The molecule has 0 aromatic heterocycles. The zero-order valence-corrected chi connectivity index (χ0v) is 16.2. The Labute approximate surface area is 162 Å². The molecule has 26 heavy (non-hydrogen) atoms. The van der Waals surface area contributed by atoms with Crippen molar-refractivity contribution in [2.75, 3.05) is 13.7 Å². The van der Waals surface area contributed by atoms with Gasteiger partial charge in [-0.3, -0.25) is 9.69 Å². The summed E-state index contributed by atoms with van der Waals surface area (Å²) in [7, 11) is 1.69. The Morgan fingerprint density at radius 2 is 1.88 bits per heavy atom. The smallest absolute Gasteiger partial charge is 0.265 e. The summed E-state index contributed by atoms with van der Waals surface area (Å²) in [6.07, 6.45) is 1.83. The molecule has 1 saturated heterocycles. The Balaban J connectivity index is 1.80. The van der Waals surface area contributed by atoms with Gasteiger partial charge in [0.15, 0.2) is 11.5 Å². The lowest BCUT2D eigenvalue weighted by Gasteiger charge is -2.13. The van der Waals surface area contributed by atoms with Crippen molar-refractivity contribution in [2.24, 2.45) is 0 Å². The number of amides is 1. The van der Waals surface area contributed by atoms with Crippen LogP contribution in [-0.4, -0.2) is 28.8 Å². The molecule has 2 aromatic carbocycles. The maximum atomic E-state index is 12.2.